The standard InChI is InChI=1S/C11H12NO3.K/c13-11(14)8-2-1-3-9(6-8)15-10-4-5-12-7-10;/h1-3,6,10H,4-5,7H2,(H,13,14);/q-1;+1. The van der Waals surface area contributed by atoms with Crippen molar-refractivity contribution in [1.29, 1.82) is 0 Å². The normalized spacial score (nSPS) is 18.9. The van der Waals surface area contributed by atoms with Gasteiger partial charge in [-0.25, -0.2) is 4.79 Å². The number of aromatic carboxylic acids is 1. The van der Waals surface area contributed by atoms with Crippen LogP contribution in [0, 0.1) is 0 Å². The van der Waals surface area contributed by atoms with Gasteiger partial charge in [-0.05, 0) is 24.6 Å². The summed E-state index contributed by atoms with van der Waals surface area (Å²) in [5.41, 5.74) is 0.252. The molecule has 1 aromatic carbocycles. The molecule has 0 spiro atoms. The summed E-state index contributed by atoms with van der Waals surface area (Å²) in [7, 11) is 0. The molecule has 0 radical (unpaired) electrons. The first-order valence-electron chi connectivity index (χ1n) is 4.89. The molecule has 0 aromatic heterocycles. The summed E-state index contributed by atoms with van der Waals surface area (Å²) in [6, 6.07) is 6.55. The van der Waals surface area contributed by atoms with Crippen LogP contribution in [0.2, 0.25) is 0 Å². The van der Waals surface area contributed by atoms with E-state index in [1.165, 1.54) is 0 Å². The van der Waals surface area contributed by atoms with Crippen molar-refractivity contribution in [3.63, 3.8) is 0 Å². The first kappa shape index (κ1) is 14.1. The number of hydrogen-bond acceptors (Lipinski definition) is 2. The fraction of sp³-hybridized carbons (Fsp3) is 0.364. The molecular formula is C11H12KNO3. The smallest absolute Gasteiger partial charge is 0.659 e. The summed E-state index contributed by atoms with van der Waals surface area (Å²) in [5.74, 6) is -0.325. The number of nitrogens with zero attached hydrogens (tertiary/aromatic N) is 1. The molecule has 1 unspecified atom stereocenters. The van der Waals surface area contributed by atoms with Crippen LogP contribution in [0.15, 0.2) is 24.3 Å². The van der Waals surface area contributed by atoms with E-state index < -0.39 is 5.97 Å². The molecule has 0 amide bonds. The Morgan fingerprint density at radius 1 is 1.50 bits per heavy atom. The van der Waals surface area contributed by atoms with Crippen molar-refractivity contribution >= 4 is 5.97 Å². The van der Waals surface area contributed by atoms with Crippen molar-refractivity contribution in [2.45, 2.75) is 12.5 Å². The van der Waals surface area contributed by atoms with E-state index in [9.17, 15) is 4.79 Å². The summed E-state index contributed by atoms with van der Waals surface area (Å²) in [4.78, 5) is 10.7. The van der Waals surface area contributed by atoms with E-state index in [2.05, 4.69) is 5.32 Å². The summed E-state index contributed by atoms with van der Waals surface area (Å²) >= 11 is 0. The summed E-state index contributed by atoms with van der Waals surface area (Å²) < 4.78 is 5.61. The molecule has 1 atom stereocenters. The van der Waals surface area contributed by atoms with Gasteiger partial charge in [-0.2, -0.15) is 0 Å². The van der Waals surface area contributed by atoms with Gasteiger partial charge < -0.3 is 15.2 Å². The zero-order valence-corrected chi connectivity index (χ0v) is 12.3. The minimum Gasteiger partial charge on any atom is -0.659 e. The fourth-order valence-electron chi connectivity index (χ4n) is 1.55. The van der Waals surface area contributed by atoms with Gasteiger partial charge in [0.1, 0.15) is 5.75 Å². The number of ether oxygens (including phenoxy) is 1. The van der Waals surface area contributed by atoms with E-state index in [-0.39, 0.29) is 63.1 Å². The SMILES string of the molecule is O=C(O)c1cccc(OC2CC[N-]C2)c1.[K+]. The van der Waals surface area contributed by atoms with Gasteiger partial charge in [0.15, 0.2) is 0 Å². The second-order valence-electron chi connectivity index (χ2n) is 3.49. The first-order valence-corrected chi connectivity index (χ1v) is 4.89. The van der Waals surface area contributed by atoms with Gasteiger partial charge in [0.2, 0.25) is 0 Å². The van der Waals surface area contributed by atoms with Gasteiger partial charge >= 0.3 is 57.4 Å². The van der Waals surface area contributed by atoms with Crippen LogP contribution in [0.25, 0.3) is 5.32 Å². The molecule has 1 aliphatic heterocycles. The largest absolute Gasteiger partial charge is 1.00 e. The Bertz CT molecular complexity index is 364. The fourth-order valence-corrected chi connectivity index (χ4v) is 1.55. The van der Waals surface area contributed by atoms with Crippen LogP contribution in [0.3, 0.4) is 0 Å². The number of benzene rings is 1. The summed E-state index contributed by atoms with van der Waals surface area (Å²) in [6.45, 7) is 1.54. The maximum Gasteiger partial charge on any atom is 1.00 e. The molecule has 0 aliphatic carbocycles. The van der Waals surface area contributed by atoms with Gasteiger partial charge in [0.25, 0.3) is 0 Å². The average molecular weight is 245 g/mol. The van der Waals surface area contributed by atoms with Gasteiger partial charge in [-0.15, -0.1) is 13.1 Å². The topological polar surface area (TPSA) is 60.6 Å². The van der Waals surface area contributed by atoms with E-state index in [0.717, 1.165) is 13.0 Å². The molecule has 4 nitrogen and oxygen atoms in total. The van der Waals surface area contributed by atoms with Crippen LogP contribution >= 0.6 is 0 Å². The summed E-state index contributed by atoms with van der Waals surface area (Å²) in [5, 5.41) is 13.0. The minimum absolute atomic E-state index is 0. The molecule has 5 heteroatoms. The van der Waals surface area contributed by atoms with Crippen molar-refractivity contribution < 1.29 is 66.0 Å². The number of hydrogen-bond donors (Lipinski definition) is 1. The van der Waals surface area contributed by atoms with Gasteiger partial charge in [-0.1, -0.05) is 6.07 Å². The molecule has 1 aliphatic rings. The van der Waals surface area contributed by atoms with Gasteiger partial charge in [-0.3, -0.25) is 0 Å². The van der Waals surface area contributed by atoms with Crippen molar-refractivity contribution in [1.82, 2.24) is 0 Å². The maximum atomic E-state index is 10.7. The average Bonchev–Trinajstić information content (AvgIpc) is 2.71. The molecule has 1 fully saturated rings. The zero-order chi connectivity index (χ0) is 10.7. The molecular weight excluding hydrogens is 233 g/mol. The number of carboxylic acids is 1. The monoisotopic (exact) mass is 245 g/mol. The van der Waals surface area contributed by atoms with Crippen molar-refractivity contribution in [2.75, 3.05) is 13.1 Å². The molecule has 80 valence electrons. The molecule has 1 saturated heterocycles. The van der Waals surface area contributed by atoms with Crippen LogP contribution in [0.1, 0.15) is 16.8 Å². The van der Waals surface area contributed by atoms with E-state index >= 15 is 0 Å². The molecule has 16 heavy (non-hydrogen) atoms. The third kappa shape index (κ3) is 3.83. The third-order valence-electron chi connectivity index (χ3n) is 2.33. The first-order chi connectivity index (χ1) is 7.25. The molecule has 1 heterocycles. The number of carbonyl (C=O) groups is 1. The van der Waals surface area contributed by atoms with Crippen molar-refractivity contribution in [2.24, 2.45) is 0 Å². The van der Waals surface area contributed by atoms with Crippen LogP contribution in [-0.2, 0) is 0 Å². The van der Waals surface area contributed by atoms with E-state index in [1.807, 2.05) is 0 Å². The van der Waals surface area contributed by atoms with Crippen molar-refractivity contribution in [3.8, 4) is 5.75 Å². The Balaban J connectivity index is 0.00000128. The predicted molar refractivity (Wildman–Crippen MR) is 55.5 cm³/mol. The second kappa shape index (κ2) is 6.73. The van der Waals surface area contributed by atoms with E-state index in [0.29, 0.717) is 12.3 Å². The molecule has 2 rings (SSSR count). The van der Waals surface area contributed by atoms with Gasteiger partial charge in [0.05, 0.1) is 11.7 Å². The van der Waals surface area contributed by atoms with E-state index in [1.54, 1.807) is 24.3 Å². The zero-order valence-electron chi connectivity index (χ0n) is 9.22. The van der Waals surface area contributed by atoms with Crippen LogP contribution in [-0.4, -0.2) is 30.3 Å². The van der Waals surface area contributed by atoms with Crippen LogP contribution < -0.4 is 56.1 Å². The molecule has 1 aromatic rings. The van der Waals surface area contributed by atoms with Crippen LogP contribution in [0.4, 0.5) is 0 Å². The Hall–Kier alpha value is 0.0864. The molecule has 0 bridgehead atoms. The Labute approximate surface area is 137 Å². The second-order valence-corrected chi connectivity index (χ2v) is 3.49. The Morgan fingerprint density at radius 3 is 2.94 bits per heavy atom. The summed E-state index contributed by atoms with van der Waals surface area (Å²) in [6.07, 6.45) is 1.02. The van der Waals surface area contributed by atoms with E-state index in [4.69, 9.17) is 9.84 Å². The number of rotatable bonds is 3. The Kier molecular flexibility index (Phi) is 5.95. The third-order valence-corrected chi connectivity index (χ3v) is 2.33. The number of carboxylic acid groups (broad SMARTS) is 1. The predicted octanol–water partition coefficient (Wildman–Crippen LogP) is -1.09. The van der Waals surface area contributed by atoms with Crippen molar-refractivity contribution in [3.05, 3.63) is 35.1 Å². The molecule has 1 N–H and O–H groups in total. The maximum absolute atomic E-state index is 10.7. The van der Waals surface area contributed by atoms with Gasteiger partial charge in [0, 0.05) is 0 Å². The Morgan fingerprint density at radius 2 is 2.31 bits per heavy atom. The minimum atomic E-state index is -0.934. The quantitative estimate of drug-likeness (QED) is 0.689. The van der Waals surface area contributed by atoms with Crippen LogP contribution in [0.5, 0.6) is 5.75 Å². The molecule has 0 saturated carbocycles.